The molecule has 0 radical (unpaired) electrons. The molecule has 0 aromatic heterocycles. The number of likely N-dealkylation sites (N-methyl/N-ethyl adjacent to an activating group) is 1. The maximum absolute atomic E-state index is 13.6. The van der Waals surface area contributed by atoms with E-state index < -0.39 is 20.0 Å². The second-order valence-corrected chi connectivity index (χ2v) is 26.5. The number of amides is 1. The number of rotatable bonds is 64. The van der Waals surface area contributed by atoms with Gasteiger partial charge in [-0.25, -0.2) is 4.57 Å². The number of esters is 1. The molecule has 0 bridgehead atoms. The highest BCUT2D eigenvalue weighted by Crippen LogP contribution is 2.43. The molecule has 0 aliphatic heterocycles. The Morgan fingerprint density at radius 1 is 0.434 bits per heavy atom. The van der Waals surface area contributed by atoms with E-state index in [1.807, 2.05) is 33.3 Å². The third-order valence-electron chi connectivity index (χ3n) is 15.7. The fourth-order valence-electron chi connectivity index (χ4n) is 10.3. The minimum atomic E-state index is -4.47. The van der Waals surface area contributed by atoms with E-state index in [1.165, 1.54) is 212 Å². The van der Waals surface area contributed by atoms with E-state index in [-0.39, 0.29) is 37.9 Å². The number of carbonyl (C=O) groups excluding carboxylic acids is 2. The first-order valence-corrected chi connectivity index (χ1v) is 36.8. The zero-order valence-electron chi connectivity index (χ0n) is 55.4. The van der Waals surface area contributed by atoms with Gasteiger partial charge in [-0.3, -0.25) is 18.6 Å². The Balaban J connectivity index is 5.08. The van der Waals surface area contributed by atoms with Gasteiger partial charge in [0.1, 0.15) is 19.3 Å². The Hall–Kier alpha value is -2.55. The molecule has 2 N–H and O–H groups in total. The molecular weight excluding hydrogens is 1050 g/mol. The molecule has 0 heterocycles. The highest BCUT2D eigenvalue weighted by Gasteiger charge is 2.30. The number of allylic oxidation sites excluding steroid dienone is 11. The summed E-state index contributed by atoms with van der Waals surface area (Å²) in [5, 5.41) is 3.03. The van der Waals surface area contributed by atoms with E-state index in [2.05, 4.69) is 86.8 Å². The number of hydrogen-bond donors (Lipinski definition) is 2. The van der Waals surface area contributed by atoms with Crippen LogP contribution in [0.4, 0.5) is 0 Å². The van der Waals surface area contributed by atoms with E-state index in [1.54, 1.807) is 0 Å². The van der Waals surface area contributed by atoms with Crippen LogP contribution in [-0.2, 0) is 27.9 Å². The van der Waals surface area contributed by atoms with Crippen LogP contribution in [0, 0.1) is 0 Å². The number of nitrogens with zero attached hydrogens (tertiary/aromatic N) is 1. The minimum Gasteiger partial charge on any atom is -0.456 e. The van der Waals surface area contributed by atoms with Crippen molar-refractivity contribution in [3.8, 4) is 0 Å². The Labute approximate surface area is 514 Å². The Bertz CT molecular complexity index is 1650. The fourth-order valence-corrected chi connectivity index (χ4v) is 11.0. The lowest BCUT2D eigenvalue weighted by Gasteiger charge is -2.27. The quantitative estimate of drug-likeness (QED) is 0.0205. The average Bonchev–Trinajstić information content (AvgIpc) is 3.46. The minimum absolute atomic E-state index is 0.0288. The fraction of sp³-hybridized carbons (Fsp3) is 0.808. The van der Waals surface area contributed by atoms with Gasteiger partial charge < -0.3 is 19.4 Å². The predicted octanol–water partition coefficient (Wildman–Crippen LogP) is 22.3. The number of quaternary nitrogens is 1. The first-order chi connectivity index (χ1) is 40.4. The van der Waals surface area contributed by atoms with Gasteiger partial charge in [-0.2, -0.15) is 0 Å². The van der Waals surface area contributed by atoms with Crippen LogP contribution in [0.3, 0.4) is 0 Å². The molecule has 0 saturated carbocycles. The first-order valence-electron chi connectivity index (χ1n) is 35.3. The number of carbonyl (C=O) groups is 2. The summed E-state index contributed by atoms with van der Waals surface area (Å²) in [4.78, 5) is 37.8. The molecule has 0 aromatic rings. The Kier molecular flexibility index (Phi) is 60.6. The highest BCUT2D eigenvalue weighted by atomic mass is 31.2. The molecular formula is C73H136N2O7P+. The number of nitrogens with one attached hydrogen (secondary N) is 1. The summed E-state index contributed by atoms with van der Waals surface area (Å²) in [5.74, 6) is -0.562. The van der Waals surface area contributed by atoms with Crippen LogP contribution >= 0.6 is 7.82 Å². The number of phosphoric ester groups is 1. The lowest BCUT2D eigenvalue weighted by atomic mass is 10.0. The molecule has 0 rings (SSSR count). The summed E-state index contributed by atoms with van der Waals surface area (Å²) in [5.41, 5.74) is 0. The maximum Gasteiger partial charge on any atom is 0.472 e. The number of ether oxygens (including phenoxy) is 1. The molecule has 0 aliphatic carbocycles. The van der Waals surface area contributed by atoms with Gasteiger partial charge >= 0.3 is 13.8 Å². The number of unbranched alkanes of at least 4 members (excludes halogenated alkanes) is 38. The van der Waals surface area contributed by atoms with Gasteiger partial charge in [-0.1, -0.05) is 319 Å². The largest absolute Gasteiger partial charge is 0.472 e. The molecule has 0 aromatic carbocycles. The van der Waals surface area contributed by atoms with Gasteiger partial charge in [0.05, 0.1) is 33.8 Å². The van der Waals surface area contributed by atoms with E-state index in [9.17, 15) is 19.0 Å². The summed E-state index contributed by atoms with van der Waals surface area (Å²) in [6.45, 7) is 6.89. The molecule has 10 heteroatoms. The van der Waals surface area contributed by atoms with Gasteiger partial charge in [-0.05, 0) is 70.3 Å². The van der Waals surface area contributed by atoms with Gasteiger partial charge in [0.2, 0.25) is 5.91 Å². The van der Waals surface area contributed by atoms with Crippen LogP contribution < -0.4 is 5.32 Å². The van der Waals surface area contributed by atoms with Crippen molar-refractivity contribution in [2.45, 2.75) is 341 Å². The normalized spacial score (nSPS) is 14.0. The lowest BCUT2D eigenvalue weighted by Crippen LogP contribution is -2.47. The molecule has 3 unspecified atom stereocenters. The molecule has 83 heavy (non-hydrogen) atoms. The lowest BCUT2D eigenvalue weighted by molar-refractivity contribution is -0.870. The summed E-state index contributed by atoms with van der Waals surface area (Å²) in [6.07, 6.45) is 82.3. The van der Waals surface area contributed by atoms with Crippen molar-refractivity contribution in [3.05, 3.63) is 72.9 Å². The molecule has 3 atom stereocenters. The first kappa shape index (κ1) is 80.5. The number of phosphoric acid groups is 1. The summed E-state index contributed by atoms with van der Waals surface area (Å²) < 4.78 is 30.8. The van der Waals surface area contributed by atoms with E-state index in [4.69, 9.17) is 13.8 Å². The van der Waals surface area contributed by atoms with Gasteiger partial charge in [0.25, 0.3) is 0 Å². The second-order valence-electron chi connectivity index (χ2n) is 25.0. The summed E-state index contributed by atoms with van der Waals surface area (Å²) in [7, 11) is 1.46. The molecule has 0 aliphatic rings. The summed E-state index contributed by atoms with van der Waals surface area (Å²) >= 11 is 0. The third-order valence-corrected chi connectivity index (χ3v) is 16.6. The predicted molar refractivity (Wildman–Crippen MR) is 360 cm³/mol. The Morgan fingerprint density at radius 3 is 1.17 bits per heavy atom. The summed E-state index contributed by atoms with van der Waals surface area (Å²) in [6, 6.07) is -0.880. The molecule has 484 valence electrons. The topological polar surface area (TPSA) is 111 Å². The van der Waals surface area contributed by atoms with Crippen molar-refractivity contribution >= 4 is 19.7 Å². The van der Waals surface area contributed by atoms with Gasteiger partial charge in [-0.15, -0.1) is 0 Å². The monoisotopic (exact) mass is 1180 g/mol. The van der Waals surface area contributed by atoms with Crippen molar-refractivity contribution in [3.63, 3.8) is 0 Å². The second kappa shape index (κ2) is 62.5. The van der Waals surface area contributed by atoms with Crippen LogP contribution in [0.1, 0.15) is 329 Å². The SMILES string of the molecule is CC/C=C\C/C=C\C/C=C\C/C=C\C/C=C\CCCC(=O)NC(COP(=O)(O)OCC[N+](C)(C)C)C(/C=C\CCCCCCCCCCCCC)OC(=O)CCCCCCCCCCCCCCCCCCCCCCCCCCCCC. The number of hydrogen-bond acceptors (Lipinski definition) is 6. The van der Waals surface area contributed by atoms with Gasteiger partial charge in [0, 0.05) is 12.8 Å². The van der Waals surface area contributed by atoms with Crippen molar-refractivity contribution < 1.29 is 37.3 Å². The van der Waals surface area contributed by atoms with Crippen LogP contribution in [-0.4, -0.2) is 74.3 Å². The van der Waals surface area contributed by atoms with Crippen LogP contribution in [0.15, 0.2) is 72.9 Å². The van der Waals surface area contributed by atoms with Crippen molar-refractivity contribution in [1.82, 2.24) is 5.32 Å². The zero-order chi connectivity index (χ0) is 60.7. The van der Waals surface area contributed by atoms with Gasteiger partial charge in [0.15, 0.2) is 0 Å². The van der Waals surface area contributed by atoms with E-state index in [0.717, 1.165) is 77.0 Å². The molecule has 9 nitrogen and oxygen atoms in total. The van der Waals surface area contributed by atoms with Crippen molar-refractivity contribution in [1.29, 1.82) is 0 Å². The third kappa shape index (κ3) is 63.8. The molecule has 0 fully saturated rings. The molecule has 0 spiro atoms. The Morgan fingerprint density at radius 2 is 0.783 bits per heavy atom. The van der Waals surface area contributed by atoms with Crippen LogP contribution in [0.2, 0.25) is 0 Å². The van der Waals surface area contributed by atoms with Crippen molar-refractivity contribution in [2.24, 2.45) is 0 Å². The average molecular weight is 1180 g/mol. The van der Waals surface area contributed by atoms with Crippen molar-refractivity contribution in [2.75, 3.05) is 40.9 Å². The smallest absolute Gasteiger partial charge is 0.456 e. The highest BCUT2D eigenvalue weighted by molar-refractivity contribution is 7.47. The maximum atomic E-state index is 13.6. The zero-order valence-corrected chi connectivity index (χ0v) is 56.3. The van der Waals surface area contributed by atoms with Crippen LogP contribution in [0.25, 0.3) is 0 Å². The van der Waals surface area contributed by atoms with E-state index >= 15 is 0 Å². The van der Waals surface area contributed by atoms with Crippen LogP contribution in [0.5, 0.6) is 0 Å². The van der Waals surface area contributed by atoms with E-state index in [0.29, 0.717) is 17.4 Å². The molecule has 1 amide bonds. The standard InChI is InChI=1S/C73H135N2O7P/c1-7-10-13-16-19-22-25-28-30-32-33-34-35-36-37-38-39-40-41-43-45-48-51-54-57-60-63-66-73(77)82-71(64-61-58-55-52-49-46-27-24-21-18-15-12-9-3)70(69-81-83(78,79)80-68-67-75(4,5)6)74-72(76)65-62-59-56-53-50-47-44-42-31-29-26-23-20-17-14-11-8-2/h11,14,20,23,29,31,44,47,53,56,61,64,70-71H,7-10,12-13,15-19,21-22,24-28,30,32-43,45-46,48-52,54-55,57-60,62-63,65-69H2,1-6H3,(H-,74,76,78,79)/p+1/b14-11-,23-20-,31-29-,47-44-,56-53-,64-61-. The molecule has 0 saturated heterocycles.